The molecule has 1 fully saturated rings. The molecule has 144 valence electrons. The molecule has 3 atom stereocenters. The fraction of sp³-hybridized carbons (Fsp3) is 0.318. The number of esters is 2. The Kier molecular flexibility index (Phi) is 4.23. The van der Waals surface area contributed by atoms with E-state index in [1.807, 2.05) is 19.1 Å². The number of rotatable bonds is 4. The number of halogens is 1. The van der Waals surface area contributed by atoms with Gasteiger partial charge in [-0.3, -0.25) is 14.4 Å². The largest absolute Gasteiger partial charge is 0.465 e. The highest BCUT2D eigenvalue weighted by molar-refractivity contribution is 9.10. The van der Waals surface area contributed by atoms with Crippen LogP contribution in [0.15, 0.2) is 46.9 Å². The molecule has 2 aromatic rings. The quantitative estimate of drug-likeness (QED) is 0.307. The van der Waals surface area contributed by atoms with E-state index in [0.717, 1.165) is 10.0 Å². The van der Waals surface area contributed by atoms with Crippen molar-refractivity contribution >= 4 is 33.7 Å². The van der Waals surface area contributed by atoms with Crippen molar-refractivity contribution in [3.05, 3.63) is 63.6 Å². The third-order valence-electron chi connectivity index (χ3n) is 5.94. The minimum atomic E-state index is -1.67. The van der Waals surface area contributed by atoms with E-state index in [-0.39, 0.29) is 12.4 Å². The van der Waals surface area contributed by atoms with Crippen LogP contribution in [0.3, 0.4) is 0 Å². The maximum absolute atomic E-state index is 13.5. The molecular weight excluding hydrogens is 424 g/mol. The van der Waals surface area contributed by atoms with Crippen molar-refractivity contribution in [1.29, 1.82) is 0 Å². The molecule has 0 N–H and O–H groups in total. The SMILES string of the molecule is CCOC(=O)[C@]12C(=O)Oc3ccc(Br)cc3[C@H]1[C@@]2(C)C(=O)c1ccc(C)cc1. The van der Waals surface area contributed by atoms with E-state index < -0.39 is 28.7 Å². The molecule has 1 heterocycles. The van der Waals surface area contributed by atoms with Crippen LogP contribution < -0.4 is 4.74 Å². The topological polar surface area (TPSA) is 69.7 Å². The van der Waals surface area contributed by atoms with Gasteiger partial charge in [0.1, 0.15) is 5.75 Å². The van der Waals surface area contributed by atoms with Gasteiger partial charge in [-0.1, -0.05) is 45.8 Å². The van der Waals surface area contributed by atoms with Gasteiger partial charge in [-0.25, -0.2) is 0 Å². The summed E-state index contributed by atoms with van der Waals surface area (Å²) in [5, 5.41) is 0. The Bertz CT molecular complexity index is 1010. The van der Waals surface area contributed by atoms with Gasteiger partial charge in [-0.2, -0.15) is 0 Å². The first-order valence-electron chi connectivity index (χ1n) is 9.08. The standard InChI is InChI=1S/C22H19BrO5/c1-4-27-19(25)22-17(15-11-14(23)9-10-16(15)28-20(22)26)21(22,3)18(24)13-7-5-12(2)6-8-13/h5-11,17H,4H2,1-3H3/t17-,21-,22-/m0/s1. The van der Waals surface area contributed by atoms with Gasteiger partial charge >= 0.3 is 11.9 Å². The van der Waals surface area contributed by atoms with Gasteiger partial charge < -0.3 is 9.47 Å². The molecular formula is C22H19BrO5. The van der Waals surface area contributed by atoms with Gasteiger partial charge in [-0.05, 0) is 39.0 Å². The number of ether oxygens (including phenoxy) is 2. The minimum absolute atomic E-state index is 0.112. The van der Waals surface area contributed by atoms with E-state index in [4.69, 9.17) is 9.47 Å². The molecule has 0 amide bonds. The van der Waals surface area contributed by atoms with Gasteiger partial charge in [0.05, 0.1) is 12.0 Å². The summed E-state index contributed by atoms with van der Waals surface area (Å²) in [6.45, 7) is 5.37. The number of ketones is 1. The van der Waals surface area contributed by atoms with Crippen LogP contribution >= 0.6 is 15.9 Å². The molecule has 0 saturated heterocycles. The predicted molar refractivity (Wildman–Crippen MR) is 105 cm³/mol. The summed E-state index contributed by atoms with van der Waals surface area (Å²) in [6, 6.07) is 12.3. The van der Waals surface area contributed by atoms with Crippen molar-refractivity contribution in [1.82, 2.24) is 0 Å². The number of hydrogen-bond acceptors (Lipinski definition) is 5. The number of fused-ring (bicyclic) bond motifs is 3. The number of carbonyl (C=O) groups is 3. The van der Waals surface area contributed by atoms with Gasteiger partial charge in [0.15, 0.2) is 11.2 Å². The zero-order valence-electron chi connectivity index (χ0n) is 15.7. The summed E-state index contributed by atoms with van der Waals surface area (Å²) >= 11 is 3.42. The molecule has 2 aromatic carbocycles. The fourth-order valence-electron chi connectivity index (χ4n) is 4.48. The van der Waals surface area contributed by atoms with Crippen molar-refractivity contribution in [3.63, 3.8) is 0 Å². The van der Waals surface area contributed by atoms with Crippen molar-refractivity contribution in [2.45, 2.75) is 26.7 Å². The molecule has 5 nitrogen and oxygen atoms in total. The number of Topliss-reactive ketones (excluding diaryl/α,β-unsaturated/α-hetero) is 1. The summed E-state index contributed by atoms with van der Waals surface area (Å²) in [7, 11) is 0. The highest BCUT2D eigenvalue weighted by Gasteiger charge is 2.89. The number of benzene rings is 2. The monoisotopic (exact) mass is 442 g/mol. The first kappa shape index (κ1) is 18.9. The van der Waals surface area contributed by atoms with Crippen LogP contribution in [0.2, 0.25) is 0 Å². The molecule has 0 bridgehead atoms. The summed E-state index contributed by atoms with van der Waals surface area (Å²) in [4.78, 5) is 39.6. The Morgan fingerprint density at radius 3 is 2.50 bits per heavy atom. The zero-order valence-corrected chi connectivity index (χ0v) is 17.3. The van der Waals surface area contributed by atoms with Crippen molar-refractivity contribution < 1.29 is 23.9 Å². The van der Waals surface area contributed by atoms with E-state index in [1.165, 1.54) is 0 Å². The second-order valence-corrected chi connectivity index (χ2v) is 8.35. The van der Waals surface area contributed by atoms with Crippen molar-refractivity contribution in [2.24, 2.45) is 10.8 Å². The molecule has 0 aromatic heterocycles. The van der Waals surface area contributed by atoms with Crippen LogP contribution in [0.4, 0.5) is 0 Å². The average molecular weight is 443 g/mol. The molecule has 1 saturated carbocycles. The molecule has 28 heavy (non-hydrogen) atoms. The Hall–Kier alpha value is -2.47. The smallest absolute Gasteiger partial charge is 0.330 e. The lowest BCUT2D eigenvalue weighted by Gasteiger charge is -2.22. The second-order valence-electron chi connectivity index (χ2n) is 7.43. The van der Waals surface area contributed by atoms with Gasteiger partial charge in [0.25, 0.3) is 0 Å². The molecule has 1 aliphatic carbocycles. The highest BCUT2D eigenvalue weighted by atomic mass is 79.9. The summed E-state index contributed by atoms with van der Waals surface area (Å²) in [5.74, 6) is -1.97. The first-order valence-corrected chi connectivity index (χ1v) is 9.88. The third-order valence-corrected chi connectivity index (χ3v) is 6.43. The molecule has 1 aliphatic heterocycles. The zero-order chi connectivity index (χ0) is 20.3. The van der Waals surface area contributed by atoms with Crippen LogP contribution in [0, 0.1) is 17.8 Å². The Balaban J connectivity index is 1.90. The van der Waals surface area contributed by atoms with Crippen LogP contribution in [-0.4, -0.2) is 24.3 Å². The molecule has 2 aliphatic rings. The van der Waals surface area contributed by atoms with Crippen LogP contribution in [0.5, 0.6) is 5.75 Å². The summed E-state index contributed by atoms with van der Waals surface area (Å²) < 4.78 is 11.5. The minimum Gasteiger partial charge on any atom is -0.465 e. The average Bonchev–Trinajstić information content (AvgIpc) is 3.26. The normalized spacial score (nSPS) is 27.3. The highest BCUT2D eigenvalue weighted by Crippen LogP contribution is 2.78. The predicted octanol–water partition coefficient (Wildman–Crippen LogP) is 4.21. The third kappa shape index (κ3) is 2.27. The maximum Gasteiger partial charge on any atom is 0.330 e. The molecule has 0 radical (unpaired) electrons. The summed E-state index contributed by atoms with van der Waals surface area (Å²) in [6.07, 6.45) is 0. The molecule has 6 heteroatoms. The molecule has 4 rings (SSSR count). The van der Waals surface area contributed by atoms with Crippen molar-refractivity contribution in [3.8, 4) is 5.75 Å². The lowest BCUT2D eigenvalue weighted by atomic mass is 9.86. The van der Waals surface area contributed by atoms with E-state index in [2.05, 4.69) is 15.9 Å². The van der Waals surface area contributed by atoms with E-state index in [1.54, 1.807) is 44.2 Å². The summed E-state index contributed by atoms with van der Waals surface area (Å²) in [5.41, 5.74) is -0.819. The second kappa shape index (κ2) is 6.27. The maximum atomic E-state index is 13.5. The van der Waals surface area contributed by atoms with Crippen LogP contribution in [-0.2, 0) is 14.3 Å². The fourth-order valence-corrected chi connectivity index (χ4v) is 4.86. The lowest BCUT2D eigenvalue weighted by molar-refractivity contribution is -0.162. The van der Waals surface area contributed by atoms with E-state index in [9.17, 15) is 14.4 Å². The van der Waals surface area contributed by atoms with Crippen molar-refractivity contribution in [2.75, 3.05) is 6.61 Å². The number of hydrogen-bond donors (Lipinski definition) is 0. The molecule has 0 spiro atoms. The molecule has 0 unspecified atom stereocenters. The van der Waals surface area contributed by atoms with Gasteiger partial charge in [0.2, 0.25) is 0 Å². The number of aryl methyl sites for hydroxylation is 1. The van der Waals surface area contributed by atoms with Gasteiger partial charge in [0, 0.05) is 21.5 Å². The Morgan fingerprint density at radius 1 is 1.18 bits per heavy atom. The Labute approximate surface area is 171 Å². The Morgan fingerprint density at radius 2 is 1.86 bits per heavy atom. The van der Waals surface area contributed by atoms with Crippen LogP contribution in [0.25, 0.3) is 0 Å². The number of carbonyl (C=O) groups excluding carboxylic acids is 3. The van der Waals surface area contributed by atoms with Gasteiger partial charge in [-0.15, -0.1) is 0 Å². The first-order chi connectivity index (χ1) is 13.3. The lowest BCUT2D eigenvalue weighted by Crippen LogP contribution is -2.40. The van der Waals surface area contributed by atoms with E-state index >= 15 is 0 Å². The van der Waals surface area contributed by atoms with E-state index in [0.29, 0.717) is 16.9 Å². The van der Waals surface area contributed by atoms with Crippen LogP contribution in [0.1, 0.15) is 41.3 Å².